The second-order valence-corrected chi connectivity index (χ2v) is 13.6. The summed E-state index contributed by atoms with van der Waals surface area (Å²) in [4.78, 5) is 13.0. The first-order valence-electron chi connectivity index (χ1n) is 17.1. The monoisotopic (exact) mass is 564 g/mol. The third kappa shape index (κ3) is 11.0. The molecule has 3 aliphatic rings. The molecule has 0 aromatic rings. The van der Waals surface area contributed by atoms with Crippen LogP contribution in [0.15, 0.2) is 36.4 Å². The van der Waals surface area contributed by atoms with E-state index in [1.54, 1.807) is 0 Å². The highest BCUT2D eigenvalue weighted by atomic mass is 16.5. The number of hydrogen-bond donors (Lipinski definition) is 3. The van der Waals surface area contributed by atoms with E-state index in [2.05, 4.69) is 74.9 Å². The Bertz CT molecular complexity index is 981. The zero-order valence-electron chi connectivity index (χ0n) is 26.8. The molecule has 3 rings (SSSR count). The van der Waals surface area contributed by atoms with Gasteiger partial charge in [-0.2, -0.15) is 5.48 Å². The molecule has 1 atom stereocenters. The molecule has 0 bridgehead atoms. The third-order valence-electron chi connectivity index (χ3n) is 9.39. The zero-order chi connectivity index (χ0) is 29.5. The maximum atomic E-state index is 13.0. The molecule has 3 N–H and O–H groups in total. The normalized spacial score (nSPS) is 19.4. The number of fused-ring (bicyclic) bond motifs is 1. The molecule has 230 valence electrons. The Balaban J connectivity index is 1.35. The molecule has 1 unspecified atom stereocenters. The number of carbonyl (C=O) groups excluding carboxylic acids is 1. The first kappa shape index (κ1) is 33.6. The average Bonchev–Trinajstić information content (AvgIpc) is 3.20. The highest BCUT2D eigenvalue weighted by molar-refractivity contribution is 5.77. The quantitative estimate of drug-likeness (QED) is 0.104. The second-order valence-electron chi connectivity index (χ2n) is 13.6. The van der Waals surface area contributed by atoms with Gasteiger partial charge < -0.3 is 10.5 Å². The topological polar surface area (TPSA) is 61.4 Å². The van der Waals surface area contributed by atoms with Crippen molar-refractivity contribution >= 4 is 5.91 Å². The standard InChI is InChI=1S/C37H60N2O2/c1-5-6-7-8-9-10-11-12-13-14-15-16-17-18-19-23-35(40)38-36(29(2)3)31-22-20-21-30-24-25-33(34(30)26-31)32-27-37(4,28-32)39-41/h20-22,24-26,29,32,36,39,41H,5-19,23,27-28H2,1-4H3,(H,38,40). The number of rotatable bonds is 21. The van der Waals surface area contributed by atoms with Crippen LogP contribution < -0.4 is 10.8 Å². The number of hydrogen-bond acceptors (Lipinski definition) is 3. The minimum absolute atomic E-state index is 0.00274. The largest absolute Gasteiger partial charge is 0.349 e. The predicted molar refractivity (Wildman–Crippen MR) is 174 cm³/mol. The zero-order valence-corrected chi connectivity index (χ0v) is 26.8. The van der Waals surface area contributed by atoms with E-state index in [0.29, 0.717) is 18.3 Å². The van der Waals surface area contributed by atoms with Crippen molar-refractivity contribution in [1.82, 2.24) is 10.8 Å². The molecule has 3 aliphatic carbocycles. The van der Waals surface area contributed by atoms with Gasteiger partial charge in [-0.1, -0.05) is 141 Å². The van der Waals surface area contributed by atoms with Crippen LogP contribution in [0.4, 0.5) is 0 Å². The highest BCUT2D eigenvalue weighted by Crippen LogP contribution is 2.48. The van der Waals surface area contributed by atoms with E-state index in [1.807, 2.05) is 0 Å². The van der Waals surface area contributed by atoms with Crippen LogP contribution in [0, 0.1) is 5.92 Å². The molecule has 4 heteroatoms. The van der Waals surface area contributed by atoms with Gasteiger partial charge in [0.25, 0.3) is 0 Å². The van der Waals surface area contributed by atoms with Gasteiger partial charge in [0.1, 0.15) is 0 Å². The van der Waals surface area contributed by atoms with Crippen molar-refractivity contribution in [3.8, 4) is 11.1 Å². The van der Waals surface area contributed by atoms with Gasteiger partial charge >= 0.3 is 0 Å². The molecule has 0 radical (unpaired) electrons. The van der Waals surface area contributed by atoms with Crippen molar-refractivity contribution in [2.75, 3.05) is 0 Å². The summed E-state index contributed by atoms with van der Waals surface area (Å²) in [5, 5.41) is 12.8. The number of nitrogens with one attached hydrogen (secondary N) is 2. The molecule has 0 aromatic carbocycles. The molecular formula is C37H60N2O2. The van der Waals surface area contributed by atoms with Gasteiger partial charge in [0.2, 0.25) is 5.91 Å². The van der Waals surface area contributed by atoms with Crippen LogP contribution in [0.1, 0.15) is 166 Å². The van der Waals surface area contributed by atoms with Gasteiger partial charge in [0.05, 0.1) is 6.04 Å². The summed E-state index contributed by atoms with van der Waals surface area (Å²) in [6.45, 7) is 8.74. The van der Waals surface area contributed by atoms with Crippen molar-refractivity contribution in [2.24, 2.45) is 5.92 Å². The highest BCUT2D eigenvalue weighted by Gasteiger charge is 2.41. The Hall–Kier alpha value is -1.91. The summed E-state index contributed by atoms with van der Waals surface area (Å²) < 4.78 is 0. The first-order valence-corrected chi connectivity index (χ1v) is 17.1. The van der Waals surface area contributed by atoms with Crippen LogP contribution in [-0.4, -0.2) is 16.7 Å². The van der Waals surface area contributed by atoms with E-state index in [4.69, 9.17) is 0 Å². The Kier molecular flexibility index (Phi) is 14.7. The Labute approximate surface area is 251 Å². The van der Waals surface area contributed by atoms with Gasteiger partial charge in [0.15, 0.2) is 0 Å². The maximum absolute atomic E-state index is 13.0. The van der Waals surface area contributed by atoms with Gasteiger partial charge in [-0.05, 0) is 66.3 Å². The number of hydroxylamine groups is 1. The van der Waals surface area contributed by atoms with Gasteiger partial charge in [-0.15, -0.1) is 0 Å². The fourth-order valence-corrected chi connectivity index (χ4v) is 6.74. The van der Waals surface area contributed by atoms with Gasteiger partial charge in [0, 0.05) is 12.0 Å². The summed E-state index contributed by atoms with van der Waals surface area (Å²) in [5.41, 5.74) is 7.35. The predicted octanol–water partition coefficient (Wildman–Crippen LogP) is 10.5. The number of carbonyl (C=O) groups is 1. The molecule has 0 aromatic heterocycles. The fourth-order valence-electron chi connectivity index (χ4n) is 6.74. The molecule has 1 amide bonds. The number of amides is 1. The second kappa shape index (κ2) is 17.9. The van der Waals surface area contributed by atoms with Crippen LogP contribution in [0.3, 0.4) is 0 Å². The SMILES string of the molecule is CCCCCCCCCCCCCCCCCC(=O)NC(c1cccc2ccc(C3CC(C)(NO)C3)c-2c1)C(C)C. The van der Waals surface area contributed by atoms with Crippen LogP contribution in [0.25, 0.3) is 11.1 Å². The molecular weight excluding hydrogens is 504 g/mol. The van der Waals surface area contributed by atoms with Crippen molar-refractivity contribution in [1.29, 1.82) is 0 Å². The van der Waals surface area contributed by atoms with Gasteiger partial charge in [-0.3, -0.25) is 4.79 Å². The van der Waals surface area contributed by atoms with Crippen LogP contribution in [0.5, 0.6) is 0 Å². The minimum atomic E-state index is -0.185. The minimum Gasteiger partial charge on any atom is -0.349 e. The molecule has 0 spiro atoms. The lowest BCUT2D eigenvalue weighted by molar-refractivity contribution is -0.122. The van der Waals surface area contributed by atoms with E-state index in [9.17, 15) is 10.0 Å². The van der Waals surface area contributed by atoms with E-state index >= 15 is 0 Å². The summed E-state index contributed by atoms with van der Waals surface area (Å²) in [5.74, 6) is 0.929. The van der Waals surface area contributed by atoms with Gasteiger partial charge in [-0.25, -0.2) is 0 Å². The third-order valence-corrected chi connectivity index (χ3v) is 9.39. The van der Waals surface area contributed by atoms with E-state index in [-0.39, 0.29) is 17.5 Å². The smallest absolute Gasteiger partial charge is 0.220 e. The van der Waals surface area contributed by atoms with Crippen molar-refractivity contribution in [3.63, 3.8) is 0 Å². The van der Waals surface area contributed by atoms with E-state index in [0.717, 1.165) is 25.7 Å². The van der Waals surface area contributed by atoms with Crippen LogP contribution >= 0.6 is 0 Å². The lowest BCUT2D eigenvalue weighted by Gasteiger charge is -2.44. The summed E-state index contributed by atoms with van der Waals surface area (Å²) in [7, 11) is 0. The number of unbranched alkanes of at least 4 members (excludes halogenated alkanes) is 14. The fraction of sp³-hybridized carbons (Fsp3) is 0.703. The molecule has 0 heterocycles. The van der Waals surface area contributed by atoms with E-state index in [1.165, 1.54) is 106 Å². The lowest BCUT2D eigenvalue weighted by atomic mass is 9.67. The van der Waals surface area contributed by atoms with Crippen LogP contribution in [0.2, 0.25) is 0 Å². The molecule has 41 heavy (non-hydrogen) atoms. The molecule has 1 fully saturated rings. The molecule has 1 saturated carbocycles. The first-order chi connectivity index (χ1) is 19.9. The van der Waals surface area contributed by atoms with Crippen LogP contribution in [-0.2, 0) is 4.79 Å². The average molecular weight is 565 g/mol. The van der Waals surface area contributed by atoms with Crippen molar-refractivity contribution < 1.29 is 10.0 Å². The Morgan fingerprint density at radius 1 is 0.854 bits per heavy atom. The lowest BCUT2D eigenvalue weighted by Crippen LogP contribution is -2.50. The van der Waals surface area contributed by atoms with E-state index < -0.39 is 0 Å². The van der Waals surface area contributed by atoms with Crippen molar-refractivity contribution in [2.45, 2.75) is 161 Å². The van der Waals surface area contributed by atoms with Crippen molar-refractivity contribution in [3.05, 3.63) is 47.5 Å². The Morgan fingerprint density at radius 3 is 1.95 bits per heavy atom. The summed E-state index contributed by atoms with van der Waals surface area (Å²) in [6.07, 6.45) is 22.5. The summed E-state index contributed by atoms with van der Waals surface area (Å²) in [6, 6.07) is 13.2. The molecule has 4 nitrogen and oxygen atoms in total. The molecule has 0 saturated heterocycles. The summed E-state index contributed by atoms with van der Waals surface area (Å²) >= 11 is 0. The maximum Gasteiger partial charge on any atom is 0.220 e. The Morgan fingerprint density at radius 2 is 1.41 bits per heavy atom. The molecule has 0 aliphatic heterocycles.